The van der Waals surface area contributed by atoms with Crippen LogP contribution in [-0.2, 0) is 0 Å². The zero-order valence-electron chi connectivity index (χ0n) is 10.3. The number of piperidine rings is 1. The molecule has 4 heterocycles. The summed E-state index contributed by atoms with van der Waals surface area (Å²) >= 11 is 0. The lowest BCUT2D eigenvalue weighted by molar-refractivity contribution is 0.252. The molecule has 5 rings (SSSR count). The van der Waals surface area contributed by atoms with E-state index >= 15 is 0 Å². The van der Waals surface area contributed by atoms with Crippen LogP contribution in [0.2, 0.25) is 0 Å². The largest absolute Gasteiger partial charge is 0.399 e. The molecule has 2 aromatic rings. The van der Waals surface area contributed by atoms with E-state index in [2.05, 4.69) is 28.2 Å². The third-order valence-electron chi connectivity index (χ3n) is 4.25. The second kappa shape index (κ2) is 3.55. The van der Waals surface area contributed by atoms with Gasteiger partial charge < -0.3 is 15.6 Å². The number of anilines is 1. The minimum atomic E-state index is 0.736. The van der Waals surface area contributed by atoms with Gasteiger partial charge in [-0.25, -0.2) is 0 Å². The molecule has 1 fully saturated rings. The van der Waals surface area contributed by atoms with Crippen LogP contribution < -0.4 is 5.73 Å². The van der Waals surface area contributed by atoms with Crippen molar-refractivity contribution in [2.24, 2.45) is 5.92 Å². The highest BCUT2D eigenvalue weighted by molar-refractivity contribution is 5.87. The highest BCUT2D eigenvalue weighted by atomic mass is 15.1. The predicted molar refractivity (Wildman–Crippen MR) is 75.0 cm³/mol. The quantitative estimate of drug-likeness (QED) is 0.752. The van der Waals surface area contributed by atoms with Crippen LogP contribution in [0.3, 0.4) is 0 Å². The maximum Gasteiger partial charge on any atom is 0.0460 e. The summed E-state index contributed by atoms with van der Waals surface area (Å²) in [5.41, 5.74) is 10.6. The number of aromatic amines is 1. The molecule has 0 amide bonds. The Morgan fingerprint density at radius 2 is 2.00 bits per heavy atom. The van der Waals surface area contributed by atoms with Gasteiger partial charge >= 0.3 is 0 Å². The van der Waals surface area contributed by atoms with E-state index in [1.807, 2.05) is 12.1 Å². The first-order valence-electron chi connectivity index (χ1n) is 6.64. The van der Waals surface area contributed by atoms with Crippen molar-refractivity contribution < 1.29 is 0 Å². The Kier molecular flexibility index (Phi) is 1.98. The van der Waals surface area contributed by atoms with Gasteiger partial charge in [-0.15, -0.1) is 0 Å². The smallest absolute Gasteiger partial charge is 0.0460 e. The molecule has 0 aliphatic carbocycles. The normalized spacial score (nSPS) is 19.6. The molecule has 1 saturated heterocycles. The van der Waals surface area contributed by atoms with E-state index in [1.165, 1.54) is 48.1 Å². The Morgan fingerprint density at radius 1 is 1.17 bits per heavy atom. The third kappa shape index (κ3) is 1.43. The van der Waals surface area contributed by atoms with Crippen molar-refractivity contribution in [3.8, 4) is 0 Å². The van der Waals surface area contributed by atoms with E-state index in [1.54, 1.807) is 0 Å². The molecule has 3 nitrogen and oxygen atoms in total. The molecule has 92 valence electrons. The summed E-state index contributed by atoms with van der Waals surface area (Å²) in [7, 11) is 0. The Bertz CT molecular complexity index is 630. The van der Waals surface area contributed by atoms with Gasteiger partial charge in [-0.1, -0.05) is 0 Å². The van der Waals surface area contributed by atoms with Crippen molar-refractivity contribution in [1.29, 1.82) is 0 Å². The van der Waals surface area contributed by atoms with Crippen LogP contribution in [0.15, 0.2) is 30.5 Å². The number of nitrogens with two attached hydrogens (primary N) is 1. The number of fused-ring (bicyclic) bond motifs is 3. The molecule has 3 heteroatoms. The Labute approximate surface area is 106 Å². The van der Waals surface area contributed by atoms with Crippen LogP contribution in [-0.4, -0.2) is 23.0 Å². The van der Waals surface area contributed by atoms with Crippen molar-refractivity contribution in [3.63, 3.8) is 0 Å². The minimum Gasteiger partial charge on any atom is -0.399 e. The van der Waals surface area contributed by atoms with Gasteiger partial charge in [0, 0.05) is 41.6 Å². The topological polar surface area (TPSA) is 45.1 Å². The van der Waals surface area contributed by atoms with Crippen LogP contribution in [0.5, 0.6) is 0 Å². The van der Waals surface area contributed by atoms with E-state index in [0.717, 1.165) is 11.6 Å². The van der Waals surface area contributed by atoms with E-state index in [0.29, 0.717) is 0 Å². The molecular weight excluding hydrogens is 222 g/mol. The van der Waals surface area contributed by atoms with Gasteiger partial charge in [0.1, 0.15) is 0 Å². The molecule has 1 aromatic heterocycles. The van der Waals surface area contributed by atoms with Gasteiger partial charge in [0.15, 0.2) is 0 Å². The number of nitrogens with zero attached hydrogens (tertiary/aromatic N) is 1. The maximum atomic E-state index is 5.84. The van der Waals surface area contributed by atoms with Crippen LogP contribution in [0, 0.1) is 5.92 Å². The summed E-state index contributed by atoms with van der Waals surface area (Å²) in [6.07, 6.45) is 4.93. The molecule has 3 N–H and O–H groups in total. The molecule has 2 bridgehead atoms. The molecule has 3 aliphatic heterocycles. The van der Waals surface area contributed by atoms with Crippen LogP contribution in [0.4, 0.5) is 5.69 Å². The number of hydrogen-bond acceptors (Lipinski definition) is 2. The predicted octanol–water partition coefficient (Wildman–Crippen LogP) is 2.82. The third-order valence-corrected chi connectivity index (χ3v) is 4.25. The van der Waals surface area contributed by atoms with Crippen molar-refractivity contribution in [2.45, 2.75) is 12.8 Å². The number of hydrogen-bond donors (Lipinski definition) is 2. The SMILES string of the molecule is Nc1ccc2[nH]c(C3=CN4CCC3CC4)cc2c1. The lowest BCUT2D eigenvalue weighted by atomic mass is 9.84. The second-order valence-electron chi connectivity index (χ2n) is 5.42. The van der Waals surface area contributed by atoms with Crippen molar-refractivity contribution in [3.05, 3.63) is 36.2 Å². The lowest BCUT2D eigenvalue weighted by Crippen LogP contribution is -2.35. The number of H-pyrrole nitrogens is 1. The van der Waals surface area contributed by atoms with Gasteiger partial charge in [0.05, 0.1) is 0 Å². The van der Waals surface area contributed by atoms with Gasteiger partial charge in [0.25, 0.3) is 0 Å². The Hall–Kier alpha value is -1.90. The number of rotatable bonds is 1. The molecule has 18 heavy (non-hydrogen) atoms. The highest BCUT2D eigenvalue weighted by Crippen LogP contribution is 2.37. The molecule has 0 saturated carbocycles. The fraction of sp³-hybridized carbons (Fsp3) is 0.333. The molecule has 0 atom stereocenters. The van der Waals surface area contributed by atoms with E-state index in [-0.39, 0.29) is 0 Å². The lowest BCUT2D eigenvalue weighted by Gasteiger charge is -2.38. The standard InChI is InChI=1S/C15H17N3/c16-12-1-2-14-11(7-12)8-15(17-14)13-9-18-5-3-10(13)4-6-18/h1-2,7-10,17H,3-6,16H2. The maximum absolute atomic E-state index is 5.84. The first kappa shape index (κ1) is 10.1. The number of aromatic nitrogens is 1. The summed E-state index contributed by atoms with van der Waals surface area (Å²) in [5, 5.41) is 1.21. The molecule has 0 spiro atoms. The Morgan fingerprint density at radius 3 is 2.72 bits per heavy atom. The summed E-state index contributed by atoms with van der Waals surface area (Å²) in [6, 6.07) is 8.29. The average molecular weight is 239 g/mol. The fourth-order valence-corrected chi connectivity index (χ4v) is 3.24. The summed E-state index contributed by atoms with van der Waals surface area (Å²) in [5.74, 6) is 0.736. The molecule has 3 aliphatic rings. The second-order valence-corrected chi connectivity index (χ2v) is 5.42. The van der Waals surface area contributed by atoms with Gasteiger partial charge in [0.2, 0.25) is 0 Å². The summed E-state index contributed by atoms with van der Waals surface area (Å²) in [6.45, 7) is 2.45. The average Bonchev–Trinajstić information content (AvgIpc) is 2.83. The van der Waals surface area contributed by atoms with Gasteiger partial charge in [-0.3, -0.25) is 0 Å². The summed E-state index contributed by atoms with van der Waals surface area (Å²) < 4.78 is 0. The van der Waals surface area contributed by atoms with Gasteiger partial charge in [-0.2, -0.15) is 0 Å². The zero-order valence-corrected chi connectivity index (χ0v) is 10.3. The molecule has 0 unspecified atom stereocenters. The number of nitrogens with one attached hydrogen (secondary N) is 1. The van der Waals surface area contributed by atoms with Crippen LogP contribution >= 0.6 is 0 Å². The summed E-state index contributed by atoms with van der Waals surface area (Å²) in [4.78, 5) is 5.97. The van der Waals surface area contributed by atoms with E-state index in [9.17, 15) is 0 Å². The number of nitrogen functional groups attached to an aromatic ring is 1. The van der Waals surface area contributed by atoms with E-state index in [4.69, 9.17) is 5.73 Å². The highest BCUT2D eigenvalue weighted by Gasteiger charge is 2.28. The monoisotopic (exact) mass is 239 g/mol. The number of allylic oxidation sites excluding steroid dienone is 1. The molecule has 0 radical (unpaired) electrons. The van der Waals surface area contributed by atoms with Crippen molar-refractivity contribution in [2.75, 3.05) is 18.8 Å². The molecule has 1 aromatic carbocycles. The fourth-order valence-electron chi connectivity index (χ4n) is 3.24. The first-order valence-corrected chi connectivity index (χ1v) is 6.64. The molecular formula is C15H17N3. The van der Waals surface area contributed by atoms with Crippen LogP contribution in [0.1, 0.15) is 18.5 Å². The van der Waals surface area contributed by atoms with Crippen molar-refractivity contribution >= 4 is 22.2 Å². The Balaban J connectivity index is 1.83. The minimum absolute atomic E-state index is 0.736. The van der Waals surface area contributed by atoms with Gasteiger partial charge in [-0.05, 0) is 48.6 Å². The zero-order chi connectivity index (χ0) is 12.1. The first-order chi connectivity index (χ1) is 8.79. The van der Waals surface area contributed by atoms with Crippen molar-refractivity contribution in [1.82, 2.24) is 9.88 Å². The van der Waals surface area contributed by atoms with Crippen LogP contribution in [0.25, 0.3) is 16.5 Å². The van der Waals surface area contributed by atoms with E-state index < -0.39 is 0 Å². The number of benzene rings is 1.